The van der Waals surface area contributed by atoms with E-state index in [0.717, 1.165) is 37.1 Å². The van der Waals surface area contributed by atoms with Gasteiger partial charge in [0.15, 0.2) is 11.6 Å². The van der Waals surface area contributed by atoms with Crippen molar-refractivity contribution in [1.82, 2.24) is 14.9 Å². The minimum atomic E-state index is -0.295. The van der Waals surface area contributed by atoms with Crippen LogP contribution in [-0.4, -0.2) is 41.4 Å². The molecule has 5 nitrogen and oxygen atoms in total. The van der Waals surface area contributed by atoms with Crippen LogP contribution in [0.15, 0.2) is 18.2 Å². The number of unbranched alkanes of at least 4 members (excludes halogenated alkanes) is 2. The van der Waals surface area contributed by atoms with Crippen LogP contribution in [0.1, 0.15) is 50.6 Å². The van der Waals surface area contributed by atoms with Gasteiger partial charge in [0.2, 0.25) is 0 Å². The Hall–Kier alpha value is -1.38. The second kappa shape index (κ2) is 10.4. The zero-order valence-electron chi connectivity index (χ0n) is 16.2. The molecule has 1 atom stereocenters. The van der Waals surface area contributed by atoms with Crippen LogP contribution in [0.25, 0.3) is 0 Å². The fourth-order valence-corrected chi connectivity index (χ4v) is 4.06. The van der Waals surface area contributed by atoms with Crippen molar-refractivity contribution >= 4 is 35.2 Å². The molecule has 1 aromatic rings. The van der Waals surface area contributed by atoms with Gasteiger partial charge in [-0.1, -0.05) is 36.7 Å². The van der Waals surface area contributed by atoms with Gasteiger partial charge in [0.05, 0.1) is 13.2 Å². The smallest absolute Gasteiger partial charge is 0.322 e. The van der Waals surface area contributed by atoms with Crippen LogP contribution in [0.5, 0.6) is 5.75 Å². The molecule has 1 heterocycles. The highest BCUT2D eigenvalue weighted by atomic mass is 32.2. The summed E-state index contributed by atoms with van der Waals surface area (Å²) < 4.78 is 22.9. The topological polar surface area (TPSA) is 53.6 Å². The molecular weight excluding hydrogens is 397 g/mol. The maximum Gasteiger partial charge on any atom is 0.322 e. The summed E-state index contributed by atoms with van der Waals surface area (Å²) in [5, 5.41) is 2.65. The molecule has 1 aromatic carbocycles. The van der Waals surface area contributed by atoms with E-state index in [9.17, 15) is 9.18 Å². The van der Waals surface area contributed by atoms with Crippen LogP contribution in [0.4, 0.5) is 9.18 Å². The van der Waals surface area contributed by atoms with Crippen LogP contribution < -0.4 is 14.8 Å². The Morgan fingerprint density at radius 1 is 1.39 bits per heavy atom. The number of carbonyl (C=O) groups excluding carboxylic acids is 1. The Kier molecular flexibility index (Phi) is 7.93. The van der Waals surface area contributed by atoms with Crippen LogP contribution in [0.2, 0.25) is 0 Å². The fraction of sp³-hybridized carbons (Fsp3) is 0.600. The molecule has 0 spiro atoms. The van der Waals surface area contributed by atoms with Crippen molar-refractivity contribution in [2.24, 2.45) is 5.92 Å². The minimum Gasteiger partial charge on any atom is -0.490 e. The van der Waals surface area contributed by atoms with Gasteiger partial charge in [-0.15, -0.1) is 0 Å². The molecule has 1 aliphatic carbocycles. The number of hydrogen-bond donors (Lipinski definition) is 2. The molecule has 2 fully saturated rings. The Labute approximate surface area is 175 Å². The van der Waals surface area contributed by atoms with Crippen molar-refractivity contribution in [2.45, 2.75) is 45.1 Å². The molecule has 1 saturated carbocycles. The molecule has 28 heavy (non-hydrogen) atoms. The third-order valence-corrected chi connectivity index (χ3v) is 6.17. The van der Waals surface area contributed by atoms with E-state index in [1.54, 1.807) is 16.8 Å². The SMILES string of the molecule is CC(NSCCCCCN1CC(=S)NC1=O)c1ccc(F)c(OCC2CC2)c1. The van der Waals surface area contributed by atoms with Gasteiger partial charge in [0, 0.05) is 18.3 Å². The van der Waals surface area contributed by atoms with Gasteiger partial charge in [-0.05, 0) is 56.2 Å². The van der Waals surface area contributed by atoms with Gasteiger partial charge in [-0.25, -0.2) is 9.18 Å². The molecule has 2 aliphatic rings. The first kappa shape index (κ1) is 21.3. The van der Waals surface area contributed by atoms with Gasteiger partial charge in [0.25, 0.3) is 0 Å². The van der Waals surface area contributed by atoms with E-state index >= 15 is 0 Å². The average Bonchev–Trinajstić information content (AvgIpc) is 3.44. The first-order valence-electron chi connectivity index (χ1n) is 9.91. The first-order chi connectivity index (χ1) is 13.5. The summed E-state index contributed by atoms with van der Waals surface area (Å²) in [6, 6.07) is 5.14. The number of nitrogens with one attached hydrogen (secondary N) is 2. The molecule has 1 aliphatic heterocycles. The Bertz CT molecular complexity index is 700. The molecule has 2 amide bonds. The van der Waals surface area contributed by atoms with Crippen molar-refractivity contribution in [3.05, 3.63) is 29.6 Å². The van der Waals surface area contributed by atoms with Crippen LogP contribution in [0, 0.1) is 11.7 Å². The van der Waals surface area contributed by atoms with Crippen LogP contribution >= 0.6 is 24.2 Å². The number of hydrogen-bond acceptors (Lipinski definition) is 5. The summed E-state index contributed by atoms with van der Waals surface area (Å²) in [5.74, 6) is 1.65. The highest BCUT2D eigenvalue weighted by molar-refractivity contribution is 7.97. The molecule has 2 N–H and O–H groups in total. The van der Waals surface area contributed by atoms with Crippen molar-refractivity contribution < 1.29 is 13.9 Å². The summed E-state index contributed by atoms with van der Waals surface area (Å²) in [6.45, 7) is 3.98. The normalized spacial score (nSPS) is 17.7. The average molecular weight is 426 g/mol. The maximum absolute atomic E-state index is 13.9. The zero-order valence-corrected chi connectivity index (χ0v) is 17.8. The third-order valence-electron chi connectivity index (χ3n) is 4.93. The standard InChI is InChI=1S/C20H28FN3O2S2/c1-14(16-7-8-17(21)18(11-16)26-13-15-5-6-15)23-28-10-4-2-3-9-24-12-19(27)22-20(24)25/h7-8,11,14-15,23H,2-6,9-10,12-13H2,1H3,(H,22,25,27). The van der Waals surface area contributed by atoms with Gasteiger partial charge in [-0.3, -0.25) is 4.72 Å². The van der Waals surface area contributed by atoms with Gasteiger partial charge in [0.1, 0.15) is 4.99 Å². The van der Waals surface area contributed by atoms with E-state index in [-0.39, 0.29) is 17.9 Å². The Balaban J connectivity index is 1.29. The lowest BCUT2D eigenvalue weighted by Gasteiger charge is -2.16. The number of benzene rings is 1. The molecule has 3 rings (SSSR count). The number of amides is 2. The lowest BCUT2D eigenvalue weighted by atomic mass is 10.1. The van der Waals surface area contributed by atoms with Crippen LogP contribution in [-0.2, 0) is 0 Å². The summed E-state index contributed by atoms with van der Waals surface area (Å²) in [6.07, 6.45) is 5.49. The number of ether oxygens (including phenoxy) is 1. The minimum absolute atomic E-state index is 0.0744. The van der Waals surface area contributed by atoms with Crippen molar-refractivity contribution in [1.29, 1.82) is 0 Å². The Morgan fingerprint density at radius 2 is 2.21 bits per heavy atom. The van der Waals surface area contributed by atoms with Crippen molar-refractivity contribution in [3.8, 4) is 5.75 Å². The second-order valence-corrected chi connectivity index (χ2v) is 8.89. The highest BCUT2D eigenvalue weighted by Crippen LogP contribution is 2.31. The van der Waals surface area contributed by atoms with E-state index in [1.165, 1.54) is 18.9 Å². The van der Waals surface area contributed by atoms with E-state index in [0.29, 0.717) is 29.8 Å². The fourth-order valence-electron chi connectivity index (χ4n) is 2.96. The quantitative estimate of drug-likeness (QED) is 0.295. The van der Waals surface area contributed by atoms with E-state index in [1.807, 2.05) is 12.1 Å². The molecule has 1 saturated heterocycles. The number of carbonyl (C=O) groups is 1. The third kappa shape index (κ3) is 6.60. The zero-order chi connectivity index (χ0) is 19.9. The summed E-state index contributed by atoms with van der Waals surface area (Å²) >= 11 is 6.68. The van der Waals surface area contributed by atoms with Crippen molar-refractivity contribution in [3.63, 3.8) is 0 Å². The number of nitrogens with zero attached hydrogens (tertiary/aromatic N) is 1. The summed E-state index contributed by atoms with van der Waals surface area (Å²) in [7, 11) is 0. The van der Waals surface area contributed by atoms with E-state index in [2.05, 4.69) is 17.0 Å². The predicted octanol–water partition coefficient (Wildman–Crippen LogP) is 4.44. The largest absolute Gasteiger partial charge is 0.490 e. The molecule has 0 aromatic heterocycles. The van der Waals surface area contributed by atoms with E-state index < -0.39 is 0 Å². The number of halogens is 1. The molecule has 154 valence electrons. The number of rotatable bonds is 12. The molecular formula is C20H28FN3O2S2. The highest BCUT2D eigenvalue weighted by Gasteiger charge is 2.23. The lowest BCUT2D eigenvalue weighted by Crippen LogP contribution is -2.29. The lowest BCUT2D eigenvalue weighted by molar-refractivity contribution is 0.216. The second-order valence-electron chi connectivity index (χ2n) is 7.47. The monoisotopic (exact) mass is 425 g/mol. The summed E-state index contributed by atoms with van der Waals surface area (Å²) in [4.78, 5) is 13.9. The van der Waals surface area contributed by atoms with Crippen LogP contribution in [0.3, 0.4) is 0 Å². The van der Waals surface area contributed by atoms with Gasteiger partial charge >= 0.3 is 6.03 Å². The van der Waals surface area contributed by atoms with Crippen molar-refractivity contribution in [2.75, 3.05) is 25.4 Å². The molecule has 1 unspecified atom stereocenters. The van der Waals surface area contributed by atoms with Gasteiger partial charge in [-0.2, -0.15) is 0 Å². The summed E-state index contributed by atoms with van der Waals surface area (Å²) in [5.41, 5.74) is 1.02. The number of thiocarbonyl (C=S) groups is 1. The Morgan fingerprint density at radius 3 is 2.93 bits per heavy atom. The first-order valence-corrected chi connectivity index (χ1v) is 11.3. The maximum atomic E-state index is 13.9. The molecule has 0 radical (unpaired) electrons. The molecule has 8 heteroatoms. The van der Waals surface area contributed by atoms with E-state index in [4.69, 9.17) is 17.0 Å². The number of urea groups is 1. The predicted molar refractivity (Wildman–Crippen MR) is 115 cm³/mol. The molecule has 0 bridgehead atoms. The van der Waals surface area contributed by atoms with Gasteiger partial charge < -0.3 is 15.0 Å².